The zero-order valence-corrected chi connectivity index (χ0v) is 10.4. The van der Waals surface area contributed by atoms with Crippen LogP contribution in [0.25, 0.3) is 0 Å². The van der Waals surface area contributed by atoms with E-state index in [4.69, 9.17) is 9.84 Å². The molecule has 1 heterocycles. The first-order valence-corrected chi connectivity index (χ1v) is 6.35. The van der Waals surface area contributed by atoms with Crippen molar-refractivity contribution in [1.29, 1.82) is 0 Å². The first kappa shape index (κ1) is 13.7. The first-order chi connectivity index (χ1) is 7.77. The summed E-state index contributed by atoms with van der Waals surface area (Å²) in [5.41, 5.74) is 0. The molecule has 1 aliphatic rings. The third-order valence-electron chi connectivity index (χ3n) is 3.19. The van der Waals surface area contributed by atoms with Crippen molar-refractivity contribution in [3.63, 3.8) is 0 Å². The summed E-state index contributed by atoms with van der Waals surface area (Å²) in [4.78, 5) is 2.43. The average molecular weight is 227 g/mol. The number of hydrogen-bond donors (Lipinski definition) is 1. The van der Waals surface area contributed by atoms with E-state index in [0.29, 0.717) is 6.04 Å². The molecule has 1 saturated heterocycles. The second-order valence-corrected chi connectivity index (χ2v) is 4.62. The molecule has 0 aromatic heterocycles. The number of allylic oxidation sites excluding steroid dienone is 1. The number of nitrogens with zero attached hydrogens (tertiary/aromatic N) is 1. The number of aliphatic hydroxyl groups excluding tert-OH is 1. The number of morpholine rings is 1. The minimum absolute atomic E-state index is 0.0179. The Hall–Kier alpha value is -0.380. The average Bonchev–Trinajstić information content (AvgIpc) is 2.31. The fraction of sp³-hybridized carbons (Fsp3) is 0.846. The van der Waals surface area contributed by atoms with Crippen LogP contribution in [0.4, 0.5) is 0 Å². The van der Waals surface area contributed by atoms with Gasteiger partial charge in [0.1, 0.15) is 0 Å². The Morgan fingerprint density at radius 1 is 1.44 bits per heavy atom. The minimum atomic E-state index is 0.0179. The highest BCUT2D eigenvalue weighted by molar-refractivity contribution is 4.77. The molecular weight excluding hydrogens is 202 g/mol. The van der Waals surface area contributed by atoms with Crippen LogP contribution in [0.5, 0.6) is 0 Å². The van der Waals surface area contributed by atoms with E-state index in [1.807, 2.05) is 6.08 Å². The Morgan fingerprint density at radius 2 is 2.25 bits per heavy atom. The lowest BCUT2D eigenvalue weighted by Gasteiger charge is -2.37. The van der Waals surface area contributed by atoms with Gasteiger partial charge in [-0.3, -0.25) is 4.90 Å². The van der Waals surface area contributed by atoms with Crippen molar-refractivity contribution in [3.05, 3.63) is 12.7 Å². The molecule has 0 radical (unpaired) electrons. The third-order valence-corrected chi connectivity index (χ3v) is 3.19. The van der Waals surface area contributed by atoms with Gasteiger partial charge in [-0.25, -0.2) is 0 Å². The minimum Gasteiger partial charge on any atom is -0.394 e. The number of rotatable bonds is 7. The van der Waals surface area contributed by atoms with Crippen molar-refractivity contribution in [3.8, 4) is 0 Å². The van der Waals surface area contributed by atoms with Gasteiger partial charge < -0.3 is 9.84 Å². The maximum atomic E-state index is 9.07. The summed E-state index contributed by atoms with van der Waals surface area (Å²) in [5.74, 6) is 0. The van der Waals surface area contributed by atoms with Crippen LogP contribution in [-0.4, -0.2) is 48.5 Å². The Kier molecular flexibility index (Phi) is 6.69. The standard InChI is InChI=1S/C13H25NO2/c1-3-4-5-6-7-8-14-9-13(10-15)16-11-12(14)2/h3,12-13,15H,1,4-11H2,2H3. The van der Waals surface area contributed by atoms with Crippen molar-refractivity contribution in [1.82, 2.24) is 4.90 Å². The summed E-state index contributed by atoms with van der Waals surface area (Å²) in [7, 11) is 0. The number of ether oxygens (including phenoxy) is 1. The smallest absolute Gasteiger partial charge is 0.0933 e. The highest BCUT2D eigenvalue weighted by atomic mass is 16.5. The molecule has 1 aliphatic heterocycles. The molecule has 0 aromatic rings. The SMILES string of the molecule is C=CCCCCCN1CC(CO)OCC1C. The van der Waals surface area contributed by atoms with Gasteiger partial charge in [0, 0.05) is 12.6 Å². The van der Waals surface area contributed by atoms with E-state index in [0.717, 1.165) is 26.1 Å². The molecule has 1 fully saturated rings. The molecular formula is C13H25NO2. The van der Waals surface area contributed by atoms with Crippen LogP contribution in [0.15, 0.2) is 12.7 Å². The molecule has 16 heavy (non-hydrogen) atoms. The van der Waals surface area contributed by atoms with E-state index in [1.54, 1.807) is 0 Å². The predicted molar refractivity (Wildman–Crippen MR) is 66.5 cm³/mol. The molecule has 1 rings (SSSR count). The van der Waals surface area contributed by atoms with Crippen molar-refractivity contribution in [2.24, 2.45) is 0 Å². The molecule has 0 amide bonds. The second kappa shape index (κ2) is 7.82. The Bertz CT molecular complexity index is 196. The van der Waals surface area contributed by atoms with Crippen LogP contribution in [0.3, 0.4) is 0 Å². The topological polar surface area (TPSA) is 32.7 Å². The summed E-state index contributed by atoms with van der Waals surface area (Å²) >= 11 is 0. The van der Waals surface area contributed by atoms with Crippen molar-refractivity contribution >= 4 is 0 Å². The van der Waals surface area contributed by atoms with Gasteiger partial charge in [-0.05, 0) is 32.7 Å². The van der Waals surface area contributed by atoms with Gasteiger partial charge in [-0.2, -0.15) is 0 Å². The maximum Gasteiger partial charge on any atom is 0.0933 e. The van der Waals surface area contributed by atoms with Gasteiger partial charge in [0.05, 0.1) is 19.3 Å². The molecule has 3 heteroatoms. The van der Waals surface area contributed by atoms with Crippen LogP contribution in [-0.2, 0) is 4.74 Å². The fourth-order valence-corrected chi connectivity index (χ4v) is 2.08. The molecule has 0 aliphatic carbocycles. The van der Waals surface area contributed by atoms with E-state index in [-0.39, 0.29) is 12.7 Å². The van der Waals surface area contributed by atoms with Gasteiger partial charge in [-0.15, -0.1) is 6.58 Å². The van der Waals surface area contributed by atoms with Crippen molar-refractivity contribution in [2.45, 2.75) is 44.8 Å². The summed E-state index contributed by atoms with van der Waals surface area (Å²) < 4.78 is 5.51. The van der Waals surface area contributed by atoms with E-state index in [9.17, 15) is 0 Å². The predicted octanol–water partition coefficient (Wildman–Crippen LogP) is 1.81. The number of aliphatic hydroxyl groups is 1. The largest absolute Gasteiger partial charge is 0.394 e. The highest BCUT2D eigenvalue weighted by Crippen LogP contribution is 2.13. The second-order valence-electron chi connectivity index (χ2n) is 4.62. The van der Waals surface area contributed by atoms with Crippen molar-refractivity contribution < 1.29 is 9.84 Å². The Morgan fingerprint density at radius 3 is 2.94 bits per heavy atom. The van der Waals surface area contributed by atoms with Gasteiger partial charge in [0.15, 0.2) is 0 Å². The number of unbranched alkanes of at least 4 members (excludes halogenated alkanes) is 3. The summed E-state index contributed by atoms with van der Waals surface area (Å²) in [6, 6.07) is 0.488. The molecule has 94 valence electrons. The number of hydrogen-bond acceptors (Lipinski definition) is 3. The van der Waals surface area contributed by atoms with Crippen LogP contribution in [0.2, 0.25) is 0 Å². The molecule has 1 N–H and O–H groups in total. The Balaban J connectivity index is 2.15. The Labute approximate surface area is 99.1 Å². The summed E-state index contributed by atoms with van der Waals surface area (Å²) in [6.07, 6.45) is 6.86. The lowest BCUT2D eigenvalue weighted by molar-refractivity contribution is -0.0779. The molecule has 0 saturated carbocycles. The van der Waals surface area contributed by atoms with Crippen LogP contribution in [0, 0.1) is 0 Å². The lowest BCUT2D eigenvalue weighted by atomic mass is 10.1. The van der Waals surface area contributed by atoms with E-state index in [2.05, 4.69) is 18.4 Å². The highest BCUT2D eigenvalue weighted by Gasteiger charge is 2.24. The van der Waals surface area contributed by atoms with Gasteiger partial charge in [0.25, 0.3) is 0 Å². The molecule has 0 spiro atoms. The van der Waals surface area contributed by atoms with E-state index < -0.39 is 0 Å². The summed E-state index contributed by atoms with van der Waals surface area (Å²) in [5, 5.41) is 9.07. The zero-order chi connectivity index (χ0) is 11.8. The molecule has 2 atom stereocenters. The normalized spacial score (nSPS) is 26.9. The monoisotopic (exact) mass is 227 g/mol. The molecule has 2 unspecified atom stereocenters. The maximum absolute atomic E-state index is 9.07. The summed E-state index contributed by atoms with van der Waals surface area (Å²) in [6.45, 7) is 8.80. The van der Waals surface area contributed by atoms with Crippen LogP contribution >= 0.6 is 0 Å². The van der Waals surface area contributed by atoms with Crippen LogP contribution < -0.4 is 0 Å². The molecule has 3 nitrogen and oxygen atoms in total. The van der Waals surface area contributed by atoms with E-state index in [1.165, 1.54) is 19.3 Å². The van der Waals surface area contributed by atoms with Crippen LogP contribution in [0.1, 0.15) is 32.6 Å². The fourth-order valence-electron chi connectivity index (χ4n) is 2.08. The van der Waals surface area contributed by atoms with Gasteiger partial charge in [-0.1, -0.05) is 12.5 Å². The van der Waals surface area contributed by atoms with Crippen molar-refractivity contribution in [2.75, 3.05) is 26.3 Å². The van der Waals surface area contributed by atoms with Gasteiger partial charge >= 0.3 is 0 Å². The quantitative estimate of drug-likeness (QED) is 0.532. The lowest BCUT2D eigenvalue weighted by Crippen LogP contribution is -2.49. The third kappa shape index (κ3) is 4.64. The first-order valence-electron chi connectivity index (χ1n) is 6.35. The molecule has 0 bridgehead atoms. The molecule has 0 aromatic carbocycles. The van der Waals surface area contributed by atoms with E-state index >= 15 is 0 Å². The van der Waals surface area contributed by atoms with Gasteiger partial charge in [0.2, 0.25) is 0 Å². The zero-order valence-electron chi connectivity index (χ0n) is 10.4.